The van der Waals surface area contributed by atoms with Crippen LogP contribution in [0.2, 0.25) is 0 Å². The molecule has 0 aromatic heterocycles. The molecule has 0 aliphatic heterocycles. The van der Waals surface area contributed by atoms with Gasteiger partial charge in [0.2, 0.25) is 0 Å². The molecular formula is C13H7F4NO. The molecule has 0 unspecified atom stereocenters. The Morgan fingerprint density at radius 1 is 0.842 bits per heavy atom. The van der Waals surface area contributed by atoms with E-state index in [1.54, 1.807) is 0 Å². The Balaban J connectivity index is 2.23. The molecule has 0 saturated heterocycles. The minimum Gasteiger partial charge on any atom is -0.322 e. The molecule has 1 amide bonds. The second-order valence-corrected chi connectivity index (χ2v) is 3.71. The topological polar surface area (TPSA) is 29.1 Å². The van der Waals surface area contributed by atoms with E-state index >= 15 is 0 Å². The average molecular weight is 269 g/mol. The molecule has 0 atom stereocenters. The van der Waals surface area contributed by atoms with E-state index in [0.29, 0.717) is 6.07 Å². The van der Waals surface area contributed by atoms with Crippen LogP contribution in [0.3, 0.4) is 0 Å². The normalized spacial score (nSPS) is 10.3. The van der Waals surface area contributed by atoms with E-state index in [2.05, 4.69) is 5.32 Å². The zero-order valence-corrected chi connectivity index (χ0v) is 9.38. The third-order valence-corrected chi connectivity index (χ3v) is 2.35. The van der Waals surface area contributed by atoms with Gasteiger partial charge in [-0.3, -0.25) is 4.79 Å². The summed E-state index contributed by atoms with van der Waals surface area (Å²) in [6.45, 7) is 0. The summed E-state index contributed by atoms with van der Waals surface area (Å²) in [5.41, 5.74) is -0.432. The number of anilines is 1. The van der Waals surface area contributed by atoms with Gasteiger partial charge in [-0.05, 0) is 24.3 Å². The van der Waals surface area contributed by atoms with Crippen LogP contribution in [0, 0.1) is 23.3 Å². The van der Waals surface area contributed by atoms with Gasteiger partial charge in [-0.1, -0.05) is 0 Å². The molecule has 98 valence electrons. The van der Waals surface area contributed by atoms with Crippen molar-refractivity contribution in [2.75, 3.05) is 5.32 Å². The molecule has 2 aromatic carbocycles. The predicted octanol–water partition coefficient (Wildman–Crippen LogP) is 3.50. The smallest absolute Gasteiger partial charge is 0.258 e. The van der Waals surface area contributed by atoms with Crippen LogP contribution >= 0.6 is 0 Å². The number of amides is 1. The Morgan fingerprint density at radius 2 is 1.58 bits per heavy atom. The summed E-state index contributed by atoms with van der Waals surface area (Å²) in [5.74, 6) is -4.95. The van der Waals surface area contributed by atoms with E-state index in [4.69, 9.17) is 0 Å². The third kappa shape index (κ3) is 2.90. The van der Waals surface area contributed by atoms with E-state index < -0.39 is 34.7 Å². The van der Waals surface area contributed by atoms with Gasteiger partial charge in [-0.25, -0.2) is 17.6 Å². The molecule has 0 saturated carbocycles. The average Bonchev–Trinajstić information content (AvgIpc) is 2.33. The first kappa shape index (κ1) is 13.1. The zero-order chi connectivity index (χ0) is 14.0. The number of benzene rings is 2. The number of nitrogens with one attached hydrogen (secondary N) is 1. The molecule has 19 heavy (non-hydrogen) atoms. The summed E-state index contributed by atoms with van der Waals surface area (Å²) in [6, 6.07) is 5.14. The van der Waals surface area contributed by atoms with Gasteiger partial charge in [-0.2, -0.15) is 0 Å². The molecular weight excluding hydrogens is 262 g/mol. The molecule has 0 radical (unpaired) electrons. The molecule has 0 aliphatic carbocycles. The highest BCUT2D eigenvalue weighted by Crippen LogP contribution is 2.16. The van der Waals surface area contributed by atoms with Crippen molar-refractivity contribution in [3.63, 3.8) is 0 Å². The number of carbonyl (C=O) groups excluding carboxylic acids is 1. The first-order valence-electron chi connectivity index (χ1n) is 5.19. The Kier molecular flexibility index (Phi) is 3.50. The summed E-state index contributed by atoms with van der Waals surface area (Å²) in [7, 11) is 0. The Morgan fingerprint density at radius 3 is 2.21 bits per heavy atom. The maximum absolute atomic E-state index is 13.3. The molecule has 0 spiro atoms. The van der Waals surface area contributed by atoms with Crippen LogP contribution < -0.4 is 5.32 Å². The SMILES string of the molecule is O=C(Nc1ccc(F)c(F)c1)c1ccc(F)cc1F. The number of rotatable bonds is 2. The summed E-state index contributed by atoms with van der Waals surface area (Å²) >= 11 is 0. The Labute approximate surface area is 105 Å². The lowest BCUT2D eigenvalue weighted by Crippen LogP contribution is -2.14. The monoisotopic (exact) mass is 269 g/mol. The fourth-order valence-corrected chi connectivity index (χ4v) is 1.45. The van der Waals surface area contributed by atoms with Crippen molar-refractivity contribution in [1.29, 1.82) is 0 Å². The highest BCUT2D eigenvalue weighted by atomic mass is 19.2. The number of carbonyl (C=O) groups is 1. The summed E-state index contributed by atoms with van der Waals surface area (Å²) in [5, 5.41) is 2.18. The second kappa shape index (κ2) is 5.09. The van der Waals surface area contributed by atoms with Crippen LogP contribution in [-0.2, 0) is 0 Å². The van der Waals surface area contributed by atoms with E-state index in [1.807, 2.05) is 0 Å². The van der Waals surface area contributed by atoms with Gasteiger partial charge in [0.1, 0.15) is 11.6 Å². The highest BCUT2D eigenvalue weighted by molar-refractivity contribution is 6.04. The quantitative estimate of drug-likeness (QED) is 0.831. The first-order chi connectivity index (χ1) is 8.97. The van der Waals surface area contributed by atoms with Crippen molar-refractivity contribution in [3.8, 4) is 0 Å². The molecule has 2 nitrogen and oxygen atoms in total. The predicted molar refractivity (Wildman–Crippen MR) is 60.7 cm³/mol. The lowest BCUT2D eigenvalue weighted by molar-refractivity contribution is 0.102. The summed E-state index contributed by atoms with van der Waals surface area (Å²) in [6.07, 6.45) is 0. The van der Waals surface area contributed by atoms with Gasteiger partial charge in [0, 0.05) is 17.8 Å². The molecule has 0 aliphatic rings. The molecule has 0 fully saturated rings. The van der Waals surface area contributed by atoms with Crippen molar-refractivity contribution in [3.05, 3.63) is 65.2 Å². The summed E-state index contributed by atoms with van der Waals surface area (Å²) < 4.78 is 51.6. The molecule has 2 aromatic rings. The van der Waals surface area contributed by atoms with Gasteiger partial charge in [0.15, 0.2) is 11.6 Å². The minimum atomic E-state index is -1.14. The Bertz CT molecular complexity index is 643. The standard InChI is InChI=1S/C13H7F4NO/c14-7-1-3-9(11(16)5-7)13(19)18-8-2-4-10(15)12(17)6-8/h1-6H,(H,18,19). The van der Waals surface area contributed by atoms with Gasteiger partial charge in [0.05, 0.1) is 5.56 Å². The van der Waals surface area contributed by atoms with E-state index in [9.17, 15) is 22.4 Å². The fraction of sp³-hybridized carbons (Fsp3) is 0. The molecule has 0 heterocycles. The van der Waals surface area contributed by atoms with Gasteiger partial charge in [-0.15, -0.1) is 0 Å². The largest absolute Gasteiger partial charge is 0.322 e. The number of hydrogen-bond acceptors (Lipinski definition) is 1. The summed E-state index contributed by atoms with van der Waals surface area (Å²) in [4.78, 5) is 11.7. The van der Waals surface area contributed by atoms with Crippen molar-refractivity contribution < 1.29 is 22.4 Å². The third-order valence-electron chi connectivity index (χ3n) is 2.35. The number of halogens is 4. The lowest BCUT2D eigenvalue weighted by Gasteiger charge is -2.06. The van der Waals surface area contributed by atoms with Crippen LogP contribution in [-0.4, -0.2) is 5.91 Å². The van der Waals surface area contributed by atoms with Gasteiger partial charge in [0.25, 0.3) is 5.91 Å². The maximum atomic E-state index is 13.3. The zero-order valence-electron chi connectivity index (χ0n) is 9.38. The van der Waals surface area contributed by atoms with Crippen molar-refractivity contribution in [2.45, 2.75) is 0 Å². The molecule has 2 rings (SSSR count). The van der Waals surface area contributed by atoms with Gasteiger partial charge >= 0.3 is 0 Å². The highest BCUT2D eigenvalue weighted by Gasteiger charge is 2.13. The van der Waals surface area contributed by atoms with E-state index in [-0.39, 0.29) is 5.69 Å². The van der Waals surface area contributed by atoms with Crippen LogP contribution in [0.15, 0.2) is 36.4 Å². The minimum absolute atomic E-state index is 0.0346. The lowest BCUT2D eigenvalue weighted by atomic mass is 10.2. The van der Waals surface area contributed by atoms with Crippen LogP contribution in [0.5, 0.6) is 0 Å². The van der Waals surface area contributed by atoms with Crippen molar-refractivity contribution in [2.24, 2.45) is 0 Å². The van der Waals surface area contributed by atoms with Crippen molar-refractivity contribution in [1.82, 2.24) is 0 Å². The van der Waals surface area contributed by atoms with Crippen LogP contribution in [0.1, 0.15) is 10.4 Å². The maximum Gasteiger partial charge on any atom is 0.258 e. The van der Waals surface area contributed by atoms with Crippen LogP contribution in [0.25, 0.3) is 0 Å². The van der Waals surface area contributed by atoms with E-state index in [1.165, 1.54) is 0 Å². The Hall–Kier alpha value is -2.37. The van der Waals surface area contributed by atoms with E-state index in [0.717, 1.165) is 30.3 Å². The second-order valence-electron chi connectivity index (χ2n) is 3.71. The first-order valence-corrected chi connectivity index (χ1v) is 5.19. The number of hydrogen-bond donors (Lipinski definition) is 1. The van der Waals surface area contributed by atoms with Crippen molar-refractivity contribution >= 4 is 11.6 Å². The molecule has 6 heteroatoms. The molecule has 1 N–H and O–H groups in total. The molecule has 0 bridgehead atoms. The van der Waals surface area contributed by atoms with Crippen LogP contribution in [0.4, 0.5) is 23.2 Å². The fourth-order valence-electron chi connectivity index (χ4n) is 1.45. The van der Waals surface area contributed by atoms with Gasteiger partial charge < -0.3 is 5.32 Å².